The fraction of sp³-hybridized carbons (Fsp3) is 0.474. The van der Waals surface area contributed by atoms with Crippen LogP contribution in [0, 0.1) is 0 Å². The molecule has 26 heavy (non-hydrogen) atoms. The van der Waals surface area contributed by atoms with E-state index in [4.69, 9.17) is 0 Å². The number of nitrogens with zero attached hydrogens (tertiary/aromatic N) is 4. The topological polar surface area (TPSA) is 80.1 Å². The highest BCUT2D eigenvalue weighted by Crippen LogP contribution is 2.25. The summed E-state index contributed by atoms with van der Waals surface area (Å²) in [4.78, 5) is 35.3. The number of carbonyl (C=O) groups is 2. The van der Waals surface area contributed by atoms with Crippen LogP contribution in [-0.2, 0) is 17.9 Å². The highest BCUT2D eigenvalue weighted by Gasteiger charge is 2.30. The Bertz CT molecular complexity index is 771. The van der Waals surface area contributed by atoms with Gasteiger partial charge in [-0.2, -0.15) is 0 Å². The number of imidazole rings is 1. The molecule has 0 aliphatic carbocycles. The van der Waals surface area contributed by atoms with Gasteiger partial charge in [0.05, 0.1) is 18.3 Å². The predicted octanol–water partition coefficient (Wildman–Crippen LogP) is 2.30. The summed E-state index contributed by atoms with van der Waals surface area (Å²) in [5, 5.41) is 2.84. The van der Waals surface area contributed by atoms with Gasteiger partial charge in [0.2, 0.25) is 5.91 Å². The molecule has 1 aliphatic heterocycles. The maximum atomic E-state index is 12.4. The Balaban J connectivity index is 1.66. The van der Waals surface area contributed by atoms with Crippen molar-refractivity contribution >= 4 is 11.8 Å². The van der Waals surface area contributed by atoms with Crippen molar-refractivity contribution in [3.63, 3.8) is 0 Å². The molecule has 1 N–H and O–H groups in total. The minimum atomic E-state index is -0.228. The second-order valence-corrected chi connectivity index (χ2v) is 6.55. The van der Waals surface area contributed by atoms with Crippen LogP contribution in [0.4, 0.5) is 0 Å². The molecule has 1 atom stereocenters. The normalized spacial score (nSPS) is 16.2. The number of hydrogen-bond donors (Lipinski definition) is 1. The first-order valence-corrected chi connectivity index (χ1v) is 9.14. The van der Waals surface area contributed by atoms with E-state index in [2.05, 4.69) is 22.2 Å². The van der Waals surface area contributed by atoms with Gasteiger partial charge < -0.3 is 14.8 Å². The second kappa shape index (κ2) is 8.12. The van der Waals surface area contributed by atoms with Gasteiger partial charge >= 0.3 is 0 Å². The zero-order valence-electron chi connectivity index (χ0n) is 15.3. The Labute approximate surface area is 153 Å². The molecule has 0 aromatic carbocycles. The number of unbranched alkanes of at least 4 members (excludes halogenated alkanes) is 1. The van der Waals surface area contributed by atoms with E-state index < -0.39 is 0 Å². The number of carbonyl (C=O) groups excluding carboxylic acids is 2. The molecule has 3 rings (SSSR count). The lowest BCUT2D eigenvalue weighted by Crippen LogP contribution is -2.41. The zero-order valence-corrected chi connectivity index (χ0v) is 15.3. The molecule has 0 saturated heterocycles. The standard InChI is InChI=1S/C19H25N5O2/c1-3-4-8-17(25)24-11-10-23-13-16(22-18(23)14(24)2)19(26)21-12-15-7-5-6-9-20-15/h5-7,9,13-14H,3-4,8,10-12H2,1-2H3,(H,21,26)/t14-/m1/s1. The Kier molecular flexibility index (Phi) is 5.65. The minimum Gasteiger partial charge on any atom is -0.345 e. The van der Waals surface area contributed by atoms with Gasteiger partial charge in [-0.25, -0.2) is 4.98 Å². The molecule has 3 heterocycles. The first-order valence-electron chi connectivity index (χ1n) is 9.14. The van der Waals surface area contributed by atoms with Gasteiger partial charge in [-0.15, -0.1) is 0 Å². The lowest BCUT2D eigenvalue weighted by Gasteiger charge is -2.33. The fourth-order valence-corrected chi connectivity index (χ4v) is 3.18. The first kappa shape index (κ1) is 18.1. The van der Waals surface area contributed by atoms with Crippen LogP contribution in [0.3, 0.4) is 0 Å². The van der Waals surface area contributed by atoms with Crippen molar-refractivity contribution in [2.75, 3.05) is 6.54 Å². The SMILES string of the molecule is CCCCC(=O)N1CCn2cc(C(=O)NCc3ccccn3)nc2[C@H]1C. The predicted molar refractivity (Wildman–Crippen MR) is 97.3 cm³/mol. The van der Waals surface area contributed by atoms with E-state index >= 15 is 0 Å². The summed E-state index contributed by atoms with van der Waals surface area (Å²) in [6.45, 7) is 5.73. The van der Waals surface area contributed by atoms with Gasteiger partial charge in [0.1, 0.15) is 11.5 Å². The maximum absolute atomic E-state index is 12.4. The van der Waals surface area contributed by atoms with Crippen molar-refractivity contribution in [1.82, 2.24) is 24.8 Å². The van der Waals surface area contributed by atoms with Gasteiger partial charge in [-0.05, 0) is 25.5 Å². The lowest BCUT2D eigenvalue weighted by atomic mass is 10.1. The minimum absolute atomic E-state index is 0.120. The third-order valence-corrected chi connectivity index (χ3v) is 4.68. The van der Waals surface area contributed by atoms with Gasteiger partial charge in [-0.1, -0.05) is 19.4 Å². The highest BCUT2D eigenvalue weighted by molar-refractivity contribution is 5.92. The zero-order chi connectivity index (χ0) is 18.5. The first-order chi connectivity index (χ1) is 12.6. The summed E-state index contributed by atoms with van der Waals surface area (Å²) in [5.41, 5.74) is 1.18. The summed E-state index contributed by atoms with van der Waals surface area (Å²) in [6, 6.07) is 5.46. The molecule has 0 radical (unpaired) electrons. The quantitative estimate of drug-likeness (QED) is 0.862. The van der Waals surface area contributed by atoms with Crippen molar-refractivity contribution in [2.45, 2.75) is 52.2 Å². The van der Waals surface area contributed by atoms with Crippen LogP contribution in [0.5, 0.6) is 0 Å². The van der Waals surface area contributed by atoms with Crippen LogP contribution in [-0.4, -0.2) is 37.8 Å². The number of aromatic nitrogens is 3. The average Bonchev–Trinajstić information content (AvgIpc) is 3.10. The molecule has 0 saturated carbocycles. The largest absolute Gasteiger partial charge is 0.345 e. The van der Waals surface area contributed by atoms with E-state index in [-0.39, 0.29) is 17.9 Å². The molecular weight excluding hydrogens is 330 g/mol. The van der Waals surface area contributed by atoms with E-state index in [9.17, 15) is 9.59 Å². The summed E-state index contributed by atoms with van der Waals surface area (Å²) < 4.78 is 1.98. The van der Waals surface area contributed by atoms with Crippen LogP contribution in [0.25, 0.3) is 0 Å². The second-order valence-electron chi connectivity index (χ2n) is 6.55. The number of pyridine rings is 1. The molecule has 138 valence electrons. The summed E-state index contributed by atoms with van der Waals surface area (Å²) in [6.07, 6.45) is 5.94. The molecule has 7 nitrogen and oxygen atoms in total. The van der Waals surface area contributed by atoms with E-state index in [1.165, 1.54) is 0 Å². The Morgan fingerprint density at radius 3 is 2.88 bits per heavy atom. The molecule has 0 unspecified atom stereocenters. The molecule has 0 fully saturated rings. The van der Waals surface area contributed by atoms with Crippen molar-refractivity contribution in [3.05, 3.63) is 47.8 Å². The summed E-state index contributed by atoms with van der Waals surface area (Å²) >= 11 is 0. The summed E-state index contributed by atoms with van der Waals surface area (Å²) in [5.74, 6) is 0.701. The van der Waals surface area contributed by atoms with Crippen molar-refractivity contribution in [2.24, 2.45) is 0 Å². The Morgan fingerprint density at radius 1 is 1.31 bits per heavy atom. The van der Waals surface area contributed by atoms with Gasteiger partial charge in [0.25, 0.3) is 5.91 Å². The van der Waals surface area contributed by atoms with Crippen molar-refractivity contribution in [1.29, 1.82) is 0 Å². The van der Waals surface area contributed by atoms with Gasteiger partial charge in [0.15, 0.2) is 0 Å². The molecule has 7 heteroatoms. The highest BCUT2D eigenvalue weighted by atomic mass is 16.2. The van der Waals surface area contributed by atoms with Crippen LogP contribution in [0.2, 0.25) is 0 Å². The monoisotopic (exact) mass is 355 g/mol. The van der Waals surface area contributed by atoms with Crippen LogP contribution < -0.4 is 5.32 Å². The Morgan fingerprint density at radius 2 is 2.15 bits per heavy atom. The van der Waals surface area contributed by atoms with E-state index in [0.717, 1.165) is 24.4 Å². The van der Waals surface area contributed by atoms with Crippen molar-refractivity contribution in [3.8, 4) is 0 Å². The van der Waals surface area contributed by atoms with Crippen molar-refractivity contribution < 1.29 is 9.59 Å². The third kappa shape index (κ3) is 3.92. The average molecular weight is 355 g/mol. The fourth-order valence-electron chi connectivity index (χ4n) is 3.18. The molecule has 0 bridgehead atoms. The molecule has 2 aromatic heterocycles. The lowest BCUT2D eigenvalue weighted by molar-refractivity contribution is -0.134. The molecular formula is C19H25N5O2. The smallest absolute Gasteiger partial charge is 0.271 e. The molecule has 1 aliphatic rings. The maximum Gasteiger partial charge on any atom is 0.271 e. The van der Waals surface area contributed by atoms with E-state index in [0.29, 0.717) is 31.7 Å². The number of rotatable bonds is 6. The van der Waals surface area contributed by atoms with E-state index in [1.54, 1.807) is 12.4 Å². The summed E-state index contributed by atoms with van der Waals surface area (Å²) in [7, 11) is 0. The Hall–Kier alpha value is -2.70. The van der Waals surface area contributed by atoms with Crippen LogP contribution in [0.15, 0.2) is 30.6 Å². The number of amides is 2. The molecule has 0 spiro atoms. The van der Waals surface area contributed by atoms with Gasteiger partial charge in [-0.3, -0.25) is 14.6 Å². The molecule has 2 aromatic rings. The number of fused-ring (bicyclic) bond motifs is 1. The molecule has 2 amide bonds. The number of nitrogens with one attached hydrogen (secondary N) is 1. The van der Waals surface area contributed by atoms with E-state index in [1.807, 2.05) is 34.6 Å². The van der Waals surface area contributed by atoms with Crippen LogP contribution in [0.1, 0.15) is 61.2 Å². The number of hydrogen-bond acceptors (Lipinski definition) is 4. The third-order valence-electron chi connectivity index (χ3n) is 4.68. The van der Waals surface area contributed by atoms with Gasteiger partial charge in [0, 0.05) is 31.9 Å². The van der Waals surface area contributed by atoms with Crippen LogP contribution >= 0.6 is 0 Å².